The molecule has 1 aromatic heterocycles. The zero-order valence-corrected chi connectivity index (χ0v) is 9.84. The number of nitriles is 1. The molecule has 1 heterocycles. The fourth-order valence-electron chi connectivity index (χ4n) is 1.67. The van der Waals surface area contributed by atoms with Gasteiger partial charge >= 0.3 is 5.69 Å². The zero-order chi connectivity index (χ0) is 13.3. The SMILES string of the molecule is CNC(=O)Cn1c(=O)c(C#N)cn(C2CC2)c1=O. The highest BCUT2D eigenvalue weighted by Crippen LogP contribution is 2.33. The molecule has 2 rings (SSSR count). The summed E-state index contributed by atoms with van der Waals surface area (Å²) in [6, 6.07) is 1.80. The van der Waals surface area contributed by atoms with Gasteiger partial charge in [0.2, 0.25) is 5.91 Å². The molecule has 0 radical (unpaired) electrons. The molecule has 94 valence electrons. The third-order valence-corrected chi connectivity index (χ3v) is 2.84. The molecular formula is C11H12N4O3. The normalized spacial score (nSPS) is 14.0. The molecule has 18 heavy (non-hydrogen) atoms. The summed E-state index contributed by atoms with van der Waals surface area (Å²) in [6.07, 6.45) is 2.98. The van der Waals surface area contributed by atoms with Crippen LogP contribution in [0.4, 0.5) is 0 Å². The Hall–Kier alpha value is -2.36. The van der Waals surface area contributed by atoms with Crippen LogP contribution in [0, 0.1) is 11.3 Å². The first kappa shape index (κ1) is 12.1. The summed E-state index contributed by atoms with van der Waals surface area (Å²) in [5, 5.41) is 11.2. The van der Waals surface area contributed by atoms with Crippen molar-refractivity contribution < 1.29 is 4.79 Å². The minimum absolute atomic E-state index is 0.0427. The van der Waals surface area contributed by atoms with Gasteiger partial charge in [0.25, 0.3) is 5.56 Å². The monoisotopic (exact) mass is 248 g/mol. The summed E-state index contributed by atoms with van der Waals surface area (Å²) in [5.41, 5.74) is -1.38. The molecule has 1 aliphatic carbocycles. The predicted octanol–water partition coefficient (Wildman–Crippen LogP) is -1.04. The number of hydrogen-bond acceptors (Lipinski definition) is 4. The first-order chi connectivity index (χ1) is 8.58. The standard InChI is InChI=1S/C11H12N4O3/c1-13-9(16)6-15-10(17)7(4-12)5-14(11(15)18)8-2-3-8/h5,8H,2-3,6H2,1H3,(H,13,16). The van der Waals surface area contributed by atoms with Gasteiger partial charge in [-0.1, -0.05) is 0 Å². The molecular weight excluding hydrogens is 236 g/mol. The van der Waals surface area contributed by atoms with Crippen LogP contribution in [0.25, 0.3) is 0 Å². The second kappa shape index (κ2) is 4.49. The average molecular weight is 248 g/mol. The Morgan fingerprint density at radius 1 is 1.56 bits per heavy atom. The lowest BCUT2D eigenvalue weighted by Crippen LogP contribution is -2.43. The number of nitrogens with zero attached hydrogens (tertiary/aromatic N) is 3. The van der Waals surface area contributed by atoms with Gasteiger partial charge in [0, 0.05) is 19.3 Å². The number of nitrogens with one attached hydrogen (secondary N) is 1. The van der Waals surface area contributed by atoms with Gasteiger partial charge in [0.15, 0.2) is 0 Å². The molecule has 0 unspecified atom stereocenters. The quantitative estimate of drug-likeness (QED) is 0.739. The summed E-state index contributed by atoms with van der Waals surface area (Å²) in [5.74, 6) is -0.452. The Bertz CT molecular complexity index is 646. The van der Waals surface area contributed by atoms with Gasteiger partial charge in [0.1, 0.15) is 18.2 Å². The lowest BCUT2D eigenvalue weighted by Gasteiger charge is -2.09. The Kier molecular flexibility index (Phi) is 3.02. The van der Waals surface area contributed by atoms with E-state index < -0.39 is 17.2 Å². The Labute approximate surface area is 102 Å². The van der Waals surface area contributed by atoms with Crippen LogP contribution in [0.15, 0.2) is 15.8 Å². The smallest absolute Gasteiger partial charge is 0.331 e. The topological polar surface area (TPSA) is 96.9 Å². The van der Waals surface area contributed by atoms with E-state index in [1.54, 1.807) is 6.07 Å². The molecule has 0 bridgehead atoms. The highest BCUT2D eigenvalue weighted by molar-refractivity contribution is 5.75. The van der Waals surface area contributed by atoms with Crippen molar-refractivity contribution in [3.63, 3.8) is 0 Å². The van der Waals surface area contributed by atoms with E-state index in [-0.39, 0.29) is 18.2 Å². The summed E-state index contributed by atoms with van der Waals surface area (Å²) >= 11 is 0. The second-order valence-corrected chi connectivity index (χ2v) is 4.14. The third-order valence-electron chi connectivity index (χ3n) is 2.84. The molecule has 0 spiro atoms. The summed E-state index contributed by atoms with van der Waals surface area (Å²) in [4.78, 5) is 35.1. The van der Waals surface area contributed by atoms with Gasteiger partial charge in [-0.15, -0.1) is 0 Å². The molecule has 0 aromatic carbocycles. The van der Waals surface area contributed by atoms with E-state index in [1.165, 1.54) is 17.8 Å². The second-order valence-electron chi connectivity index (χ2n) is 4.14. The van der Waals surface area contributed by atoms with E-state index in [0.29, 0.717) is 0 Å². The van der Waals surface area contributed by atoms with E-state index in [0.717, 1.165) is 17.4 Å². The third kappa shape index (κ3) is 2.05. The minimum atomic E-state index is -0.719. The fraction of sp³-hybridized carbons (Fsp3) is 0.455. The lowest BCUT2D eigenvalue weighted by atomic mass is 10.3. The van der Waals surface area contributed by atoms with Crippen molar-refractivity contribution in [2.45, 2.75) is 25.4 Å². The molecule has 7 heteroatoms. The van der Waals surface area contributed by atoms with Crippen LogP contribution < -0.4 is 16.6 Å². The first-order valence-corrected chi connectivity index (χ1v) is 5.55. The maximum atomic E-state index is 12.0. The Morgan fingerprint density at radius 3 is 2.72 bits per heavy atom. The molecule has 1 fully saturated rings. The van der Waals surface area contributed by atoms with Gasteiger partial charge in [-0.2, -0.15) is 5.26 Å². The van der Waals surface area contributed by atoms with Crippen LogP contribution in [-0.4, -0.2) is 22.1 Å². The lowest BCUT2D eigenvalue weighted by molar-refractivity contribution is -0.121. The van der Waals surface area contributed by atoms with Gasteiger partial charge in [-0.25, -0.2) is 9.36 Å². The van der Waals surface area contributed by atoms with E-state index >= 15 is 0 Å². The van der Waals surface area contributed by atoms with Crippen LogP contribution >= 0.6 is 0 Å². The summed E-state index contributed by atoms with van der Waals surface area (Å²) in [7, 11) is 1.42. The number of likely N-dealkylation sites (N-methyl/N-ethyl adjacent to an activating group) is 1. The van der Waals surface area contributed by atoms with Crippen molar-refractivity contribution in [2.24, 2.45) is 0 Å². The van der Waals surface area contributed by atoms with Crippen LogP contribution in [0.5, 0.6) is 0 Å². The highest BCUT2D eigenvalue weighted by Gasteiger charge is 2.27. The number of amides is 1. The van der Waals surface area contributed by atoms with Crippen molar-refractivity contribution in [1.29, 1.82) is 5.26 Å². The van der Waals surface area contributed by atoms with Crippen molar-refractivity contribution in [2.75, 3.05) is 7.05 Å². The molecule has 1 saturated carbocycles. The van der Waals surface area contributed by atoms with E-state index in [4.69, 9.17) is 5.26 Å². The number of carbonyl (C=O) groups excluding carboxylic acids is 1. The molecule has 7 nitrogen and oxygen atoms in total. The van der Waals surface area contributed by atoms with Crippen molar-refractivity contribution in [3.8, 4) is 6.07 Å². The molecule has 1 aromatic rings. The van der Waals surface area contributed by atoms with Gasteiger partial charge in [-0.3, -0.25) is 14.2 Å². The fourth-order valence-corrected chi connectivity index (χ4v) is 1.67. The molecule has 0 saturated heterocycles. The molecule has 1 aliphatic rings. The van der Waals surface area contributed by atoms with E-state index in [2.05, 4.69) is 5.32 Å². The summed E-state index contributed by atoms with van der Waals surface area (Å²) in [6.45, 7) is -0.365. The van der Waals surface area contributed by atoms with E-state index in [9.17, 15) is 14.4 Å². The Morgan fingerprint density at radius 2 is 2.22 bits per heavy atom. The largest absolute Gasteiger partial charge is 0.358 e. The van der Waals surface area contributed by atoms with Crippen LogP contribution in [0.3, 0.4) is 0 Å². The van der Waals surface area contributed by atoms with Gasteiger partial charge in [-0.05, 0) is 12.8 Å². The van der Waals surface area contributed by atoms with Crippen molar-refractivity contribution in [3.05, 3.63) is 32.6 Å². The van der Waals surface area contributed by atoms with E-state index in [1.807, 2.05) is 0 Å². The average Bonchev–Trinajstić information content (AvgIpc) is 3.18. The number of rotatable bonds is 3. The maximum absolute atomic E-state index is 12.0. The van der Waals surface area contributed by atoms with Crippen LogP contribution in [0.1, 0.15) is 24.4 Å². The number of aromatic nitrogens is 2. The van der Waals surface area contributed by atoms with Gasteiger partial charge in [0.05, 0.1) is 0 Å². The number of carbonyl (C=O) groups is 1. The van der Waals surface area contributed by atoms with Gasteiger partial charge < -0.3 is 5.32 Å². The van der Waals surface area contributed by atoms with Crippen LogP contribution in [0.2, 0.25) is 0 Å². The highest BCUT2D eigenvalue weighted by atomic mass is 16.2. The first-order valence-electron chi connectivity index (χ1n) is 5.55. The van der Waals surface area contributed by atoms with Crippen molar-refractivity contribution >= 4 is 5.91 Å². The molecule has 0 atom stereocenters. The maximum Gasteiger partial charge on any atom is 0.331 e. The zero-order valence-electron chi connectivity index (χ0n) is 9.84. The van der Waals surface area contributed by atoms with Crippen LogP contribution in [-0.2, 0) is 11.3 Å². The summed E-state index contributed by atoms with van der Waals surface area (Å²) < 4.78 is 2.17. The minimum Gasteiger partial charge on any atom is -0.358 e. The molecule has 0 aliphatic heterocycles. The number of hydrogen-bond donors (Lipinski definition) is 1. The molecule has 1 amide bonds. The Balaban J connectivity index is 2.59. The predicted molar refractivity (Wildman–Crippen MR) is 62.0 cm³/mol. The van der Waals surface area contributed by atoms with Crippen molar-refractivity contribution in [1.82, 2.24) is 14.5 Å². The molecule has 1 N–H and O–H groups in total.